The number of carbonyl (C=O) groups excluding carboxylic acids is 1. The molecule has 0 radical (unpaired) electrons. The van der Waals surface area contributed by atoms with Crippen molar-refractivity contribution in [1.29, 1.82) is 0 Å². The van der Waals surface area contributed by atoms with Crippen LogP contribution in [0, 0.1) is 11.6 Å². The summed E-state index contributed by atoms with van der Waals surface area (Å²) in [5.74, 6) is -2.38. The third-order valence-corrected chi connectivity index (χ3v) is 4.00. The molecule has 9 heteroatoms. The number of sulfonamides is 1. The predicted molar refractivity (Wildman–Crippen MR) is 79.8 cm³/mol. The summed E-state index contributed by atoms with van der Waals surface area (Å²) in [6.07, 6.45) is 0. The van der Waals surface area contributed by atoms with Gasteiger partial charge >= 0.3 is 5.97 Å². The zero-order valence-electron chi connectivity index (χ0n) is 12.5. The maximum atomic E-state index is 13.7. The molecule has 2 N–H and O–H groups in total. The fourth-order valence-corrected chi connectivity index (χ4v) is 2.46. The number of methoxy groups -OCH3 is 1. The molecule has 0 unspecified atom stereocenters. The van der Waals surface area contributed by atoms with E-state index in [9.17, 15) is 22.0 Å². The fourth-order valence-electron chi connectivity index (χ4n) is 1.92. The van der Waals surface area contributed by atoms with Gasteiger partial charge in [0, 0.05) is 5.56 Å². The molecule has 0 saturated heterocycles. The Kier molecular flexibility index (Phi) is 5.15. The SMILES string of the molecule is COc1ccc(F)cc1COC(=O)c1cc(S(N)(=O)=O)ccc1F. The number of nitrogens with two attached hydrogens (primary N) is 1. The van der Waals surface area contributed by atoms with Crippen molar-refractivity contribution in [3.05, 3.63) is 59.2 Å². The Morgan fingerprint density at radius 3 is 2.50 bits per heavy atom. The van der Waals surface area contributed by atoms with Gasteiger partial charge in [0.2, 0.25) is 10.0 Å². The second-order valence-corrected chi connectivity index (χ2v) is 6.28. The molecule has 0 heterocycles. The van der Waals surface area contributed by atoms with Gasteiger partial charge in [-0.25, -0.2) is 27.1 Å². The van der Waals surface area contributed by atoms with E-state index in [4.69, 9.17) is 14.6 Å². The number of benzene rings is 2. The van der Waals surface area contributed by atoms with Crippen LogP contribution in [0.1, 0.15) is 15.9 Å². The van der Waals surface area contributed by atoms with E-state index in [1.165, 1.54) is 19.2 Å². The Morgan fingerprint density at radius 2 is 1.88 bits per heavy atom. The van der Waals surface area contributed by atoms with E-state index in [0.717, 1.165) is 24.3 Å². The number of halogens is 2. The average molecular weight is 357 g/mol. The Morgan fingerprint density at radius 1 is 1.17 bits per heavy atom. The zero-order chi connectivity index (χ0) is 17.9. The highest BCUT2D eigenvalue weighted by molar-refractivity contribution is 7.89. The molecule has 6 nitrogen and oxygen atoms in total. The summed E-state index contributed by atoms with van der Waals surface area (Å²) in [6, 6.07) is 6.11. The Labute approximate surface area is 136 Å². The number of esters is 1. The number of rotatable bonds is 5. The van der Waals surface area contributed by atoms with Gasteiger partial charge in [-0.15, -0.1) is 0 Å². The lowest BCUT2D eigenvalue weighted by Gasteiger charge is -2.10. The van der Waals surface area contributed by atoms with Crippen molar-refractivity contribution in [2.45, 2.75) is 11.5 Å². The summed E-state index contributed by atoms with van der Waals surface area (Å²) >= 11 is 0. The molecule has 0 amide bonds. The van der Waals surface area contributed by atoms with E-state index in [1.54, 1.807) is 0 Å². The third kappa shape index (κ3) is 4.06. The van der Waals surface area contributed by atoms with Crippen LogP contribution in [0.2, 0.25) is 0 Å². The van der Waals surface area contributed by atoms with Crippen molar-refractivity contribution >= 4 is 16.0 Å². The summed E-state index contributed by atoms with van der Waals surface area (Å²) in [4.78, 5) is 11.5. The van der Waals surface area contributed by atoms with Crippen LogP contribution < -0.4 is 9.88 Å². The maximum absolute atomic E-state index is 13.7. The van der Waals surface area contributed by atoms with Crippen molar-refractivity contribution in [3.8, 4) is 5.75 Å². The number of hydrogen-bond donors (Lipinski definition) is 1. The molecule has 24 heavy (non-hydrogen) atoms. The molecule has 0 saturated carbocycles. The van der Waals surface area contributed by atoms with Crippen molar-refractivity contribution in [2.75, 3.05) is 7.11 Å². The van der Waals surface area contributed by atoms with E-state index in [1.807, 2.05) is 0 Å². The summed E-state index contributed by atoms with van der Waals surface area (Å²) < 4.78 is 59.4. The summed E-state index contributed by atoms with van der Waals surface area (Å²) in [5.41, 5.74) is -0.370. The number of primary sulfonamides is 1. The van der Waals surface area contributed by atoms with E-state index in [2.05, 4.69) is 0 Å². The first-order chi connectivity index (χ1) is 11.2. The largest absolute Gasteiger partial charge is 0.496 e. The molecule has 0 bridgehead atoms. The van der Waals surface area contributed by atoms with Crippen LogP contribution in [0.25, 0.3) is 0 Å². The fraction of sp³-hybridized carbons (Fsp3) is 0.133. The number of ether oxygens (including phenoxy) is 2. The Hall–Kier alpha value is -2.52. The standard InChI is InChI=1S/C15H13F2NO5S/c1-22-14-5-2-10(16)6-9(14)8-23-15(19)12-7-11(24(18,20)21)3-4-13(12)17/h2-7H,8H2,1H3,(H2,18,20,21). The smallest absolute Gasteiger partial charge is 0.341 e. The van der Waals surface area contributed by atoms with Gasteiger partial charge in [-0.2, -0.15) is 0 Å². The van der Waals surface area contributed by atoms with Gasteiger partial charge in [0.1, 0.15) is 24.0 Å². The van der Waals surface area contributed by atoms with Crippen LogP contribution >= 0.6 is 0 Å². The minimum atomic E-state index is -4.10. The van der Waals surface area contributed by atoms with Gasteiger partial charge in [-0.05, 0) is 36.4 Å². The molecule has 0 aliphatic heterocycles. The molecule has 128 valence electrons. The van der Waals surface area contributed by atoms with E-state index in [-0.39, 0.29) is 11.3 Å². The van der Waals surface area contributed by atoms with Crippen molar-refractivity contribution in [1.82, 2.24) is 0 Å². The number of hydrogen-bond acceptors (Lipinski definition) is 5. The molecule has 0 aliphatic rings. The molecular weight excluding hydrogens is 344 g/mol. The summed E-state index contributed by atoms with van der Waals surface area (Å²) in [5, 5.41) is 4.93. The maximum Gasteiger partial charge on any atom is 0.341 e. The highest BCUT2D eigenvalue weighted by atomic mass is 32.2. The first kappa shape index (κ1) is 17.8. The molecule has 2 rings (SSSR count). The molecule has 2 aromatic carbocycles. The Balaban J connectivity index is 2.24. The average Bonchev–Trinajstić information content (AvgIpc) is 2.52. The topological polar surface area (TPSA) is 95.7 Å². The first-order valence-corrected chi connectivity index (χ1v) is 8.09. The molecule has 0 aliphatic carbocycles. The lowest BCUT2D eigenvalue weighted by atomic mass is 10.2. The van der Waals surface area contributed by atoms with Crippen LogP contribution in [0.4, 0.5) is 8.78 Å². The molecule has 0 spiro atoms. The highest BCUT2D eigenvalue weighted by Gasteiger charge is 2.18. The quantitative estimate of drug-likeness (QED) is 0.826. The summed E-state index contributed by atoms with van der Waals surface area (Å²) in [7, 11) is -2.75. The number of carbonyl (C=O) groups is 1. The van der Waals surface area contributed by atoms with Gasteiger partial charge in [-0.3, -0.25) is 0 Å². The van der Waals surface area contributed by atoms with Crippen LogP contribution in [0.15, 0.2) is 41.3 Å². The minimum Gasteiger partial charge on any atom is -0.496 e. The summed E-state index contributed by atoms with van der Waals surface area (Å²) in [6.45, 7) is -0.390. The normalized spacial score (nSPS) is 11.2. The third-order valence-electron chi connectivity index (χ3n) is 3.09. The van der Waals surface area contributed by atoms with Gasteiger partial charge in [-0.1, -0.05) is 0 Å². The lowest BCUT2D eigenvalue weighted by Crippen LogP contribution is -2.15. The highest BCUT2D eigenvalue weighted by Crippen LogP contribution is 2.21. The van der Waals surface area contributed by atoms with Crippen LogP contribution in [-0.4, -0.2) is 21.5 Å². The second kappa shape index (κ2) is 6.93. The predicted octanol–water partition coefficient (Wildman–Crippen LogP) is 1.98. The molecule has 0 fully saturated rings. The minimum absolute atomic E-state index is 0.230. The van der Waals surface area contributed by atoms with Gasteiger partial charge in [0.05, 0.1) is 17.6 Å². The van der Waals surface area contributed by atoms with E-state index >= 15 is 0 Å². The van der Waals surface area contributed by atoms with E-state index in [0.29, 0.717) is 0 Å². The molecule has 2 aromatic rings. The zero-order valence-corrected chi connectivity index (χ0v) is 13.3. The molecule has 0 aromatic heterocycles. The molecular formula is C15H13F2NO5S. The Bertz CT molecular complexity index is 883. The van der Waals surface area contributed by atoms with E-state index < -0.39 is 44.7 Å². The van der Waals surface area contributed by atoms with Crippen LogP contribution in [-0.2, 0) is 21.4 Å². The van der Waals surface area contributed by atoms with Gasteiger partial charge in [0.25, 0.3) is 0 Å². The monoisotopic (exact) mass is 357 g/mol. The second-order valence-electron chi connectivity index (χ2n) is 4.72. The van der Waals surface area contributed by atoms with Gasteiger partial charge in [0.15, 0.2) is 0 Å². The van der Waals surface area contributed by atoms with Crippen LogP contribution in [0.5, 0.6) is 5.75 Å². The first-order valence-electron chi connectivity index (χ1n) is 6.54. The van der Waals surface area contributed by atoms with Crippen molar-refractivity contribution in [3.63, 3.8) is 0 Å². The van der Waals surface area contributed by atoms with Crippen molar-refractivity contribution < 1.29 is 31.5 Å². The molecule has 0 atom stereocenters. The lowest BCUT2D eigenvalue weighted by molar-refractivity contribution is 0.0464. The van der Waals surface area contributed by atoms with Gasteiger partial charge < -0.3 is 9.47 Å². The van der Waals surface area contributed by atoms with Crippen LogP contribution in [0.3, 0.4) is 0 Å². The van der Waals surface area contributed by atoms with Crippen molar-refractivity contribution in [2.24, 2.45) is 5.14 Å².